The number of pyridine rings is 2. The van der Waals surface area contributed by atoms with E-state index in [4.69, 9.17) is 14.7 Å². The van der Waals surface area contributed by atoms with Crippen LogP contribution in [0.15, 0.2) is 53.1 Å². The lowest BCUT2D eigenvalue weighted by Crippen LogP contribution is -2.28. The van der Waals surface area contributed by atoms with E-state index in [1.807, 2.05) is 24.3 Å². The Bertz CT molecular complexity index is 1020. The first kappa shape index (κ1) is 19.1. The number of nitriles is 1. The second-order valence-corrected chi connectivity index (χ2v) is 6.92. The molecule has 3 aromatic heterocycles. The van der Waals surface area contributed by atoms with Gasteiger partial charge in [0.2, 0.25) is 0 Å². The number of likely N-dealkylation sites (tertiary alicyclic amines) is 1. The summed E-state index contributed by atoms with van der Waals surface area (Å²) >= 11 is 0. The summed E-state index contributed by atoms with van der Waals surface area (Å²) < 4.78 is 5.51. The third-order valence-electron chi connectivity index (χ3n) is 4.92. The second-order valence-electron chi connectivity index (χ2n) is 6.92. The minimum Gasteiger partial charge on any atom is -0.468 e. The van der Waals surface area contributed by atoms with Crippen molar-refractivity contribution in [2.75, 3.05) is 11.9 Å². The van der Waals surface area contributed by atoms with Crippen molar-refractivity contribution in [2.45, 2.75) is 25.4 Å². The molecule has 0 amide bonds. The van der Waals surface area contributed by atoms with Crippen LogP contribution in [0.3, 0.4) is 0 Å². The highest BCUT2D eigenvalue weighted by Crippen LogP contribution is 2.32. The van der Waals surface area contributed by atoms with Gasteiger partial charge in [0.1, 0.15) is 29.0 Å². The molecular weight excluding hydrogens is 369 g/mol. The topological polar surface area (TPSA) is 118 Å². The van der Waals surface area contributed by atoms with Crippen LogP contribution in [0.5, 0.6) is 0 Å². The third-order valence-corrected chi connectivity index (χ3v) is 4.92. The molecule has 0 saturated carbocycles. The molecule has 0 aromatic carbocycles. The first-order valence-electron chi connectivity index (χ1n) is 9.41. The molecule has 1 atom stereocenters. The Hall–Kier alpha value is -3.19. The van der Waals surface area contributed by atoms with Gasteiger partial charge in [0, 0.05) is 0 Å². The molecule has 4 heterocycles. The number of hydrogen-bond donors (Lipinski definition) is 3. The summed E-state index contributed by atoms with van der Waals surface area (Å²) in [7, 11) is -1.60. The summed E-state index contributed by atoms with van der Waals surface area (Å²) in [5, 5.41) is 30.5. The third kappa shape index (κ3) is 4.46. The van der Waals surface area contributed by atoms with E-state index in [0.29, 0.717) is 23.8 Å². The molecular formula is C20H20BN5O3. The van der Waals surface area contributed by atoms with E-state index < -0.39 is 7.12 Å². The molecule has 9 heteroatoms. The van der Waals surface area contributed by atoms with Crippen LogP contribution < -0.4 is 11.0 Å². The second kappa shape index (κ2) is 8.45. The molecule has 1 saturated heterocycles. The fourth-order valence-electron chi connectivity index (χ4n) is 3.56. The minimum absolute atomic E-state index is 0.149. The van der Waals surface area contributed by atoms with E-state index >= 15 is 0 Å². The number of furan rings is 1. The highest BCUT2D eigenvalue weighted by Gasteiger charge is 2.28. The van der Waals surface area contributed by atoms with E-state index in [1.54, 1.807) is 30.5 Å². The zero-order chi connectivity index (χ0) is 20.2. The number of nitrogens with one attached hydrogen (secondary N) is 1. The first-order valence-corrected chi connectivity index (χ1v) is 9.41. The van der Waals surface area contributed by atoms with Crippen LogP contribution in [0.1, 0.15) is 36.0 Å². The summed E-state index contributed by atoms with van der Waals surface area (Å²) in [5.74, 6) is 1.41. The Morgan fingerprint density at radius 3 is 2.86 bits per heavy atom. The van der Waals surface area contributed by atoms with Gasteiger partial charge < -0.3 is 19.8 Å². The fourth-order valence-corrected chi connectivity index (χ4v) is 3.56. The molecule has 146 valence electrons. The fraction of sp³-hybridized carbons (Fsp3) is 0.250. The Kier molecular flexibility index (Phi) is 5.58. The van der Waals surface area contributed by atoms with E-state index in [0.717, 1.165) is 30.8 Å². The highest BCUT2D eigenvalue weighted by atomic mass is 16.4. The van der Waals surface area contributed by atoms with Crippen molar-refractivity contribution in [3.05, 3.63) is 65.8 Å². The van der Waals surface area contributed by atoms with Gasteiger partial charge in [-0.05, 0) is 55.8 Å². The van der Waals surface area contributed by atoms with Crippen LogP contribution in [0.25, 0.3) is 0 Å². The van der Waals surface area contributed by atoms with Crippen molar-refractivity contribution in [3.8, 4) is 6.07 Å². The molecule has 1 fully saturated rings. The standard InChI is InChI=1S/C20H20BN5O3/c22-11-14-6-7-15(12-23-14)24-20-5-1-3-17(25-20)18-4-2-10-26(18)13-16-8-9-19(29-16)21(27)28/h1,3,5-9,12,18,27-28H,2,4,10,13H2,(H,24,25). The van der Waals surface area contributed by atoms with Gasteiger partial charge in [0.05, 0.1) is 30.2 Å². The van der Waals surface area contributed by atoms with Gasteiger partial charge in [-0.15, -0.1) is 0 Å². The van der Waals surface area contributed by atoms with E-state index in [2.05, 4.69) is 15.2 Å². The molecule has 0 spiro atoms. The molecule has 4 rings (SSSR count). The summed E-state index contributed by atoms with van der Waals surface area (Å²) in [5.41, 5.74) is 2.25. The summed E-state index contributed by atoms with van der Waals surface area (Å²) in [6.45, 7) is 1.50. The van der Waals surface area contributed by atoms with Crippen LogP contribution in [-0.4, -0.2) is 38.6 Å². The van der Waals surface area contributed by atoms with Gasteiger partial charge in [-0.2, -0.15) is 5.26 Å². The van der Waals surface area contributed by atoms with E-state index in [1.165, 1.54) is 0 Å². The van der Waals surface area contributed by atoms with Crippen molar-refractivity contribution in [1.29, 1.82) is 5.26 Å². The molecule has 0 bridgehead atoms. The smallest absolute Gasteiger partial charge is 0.468 e. The predicted octanol–water partition coefficient (Wildman–Crippen LogP) is 1.70. The summed E-state index contributed by atoms with van der Waals surface area (Å²) in [6.07, 6.45) is 3.66. The van der Waals surface area contributed by atoms with Crippen LogP contribution in [-0.2, 0) is 6.54 Å². The molecule has 3 aromatic rings. The van der Waals surface area contributed by atoms with Gasteiger partial charge in [0.15, 0.2) is 0 Å². The largest absolute Gasteiger partial charge is 0.526 e. The van der Waals surface area contributed by atoms with Crippen molar-refractivity contribution >= 4 is 24.3 Å². The molecule has 29 heavy (non-hydrogen) atoms. The van der Waals surface area contributed by atoms with Gasteiger partial charge in [0.25, 0.3) is 0 Å². The minimum atomic E-state index is -1.60. The summed E-state index contributed by atoms with van der Waals surface area (Å²) in [4.78, 5) is 11.1. The zero-order valence-corrected chi connectivity index (χ0v) is 15.7. The molecule has 1 aliphatic heterocycles. The van der Waals surface area contributed by atoms with Crippen molar-refractivity contribution in [3.63, 3.8) is 0 Å². The van der Waals surface area contributed by atoms with Crippen LogP contribution in [0.2, 0.25) is 0 Å². The lowest BCUT2D eigenvalue weighted by atomic mass is 9.88. The first-order chi connectivity index (χ1) is 14.1. The average Bonchev–Trinajstić information content (AvgIpc) is 3.39. The molecule has 0 aliphatic carbocycles. The summed E-state index contributed by atoms with van der Waals surface area (Å²) in [6, 6.07) is 14.8. The number of nitrogens with zero attached hydrogens (tertiary/aromatic N) is 4. The predicted molar refractivity (Wildman–Crippen MR) is 107 cm³/mol. The Labute approximate surface area is 168 Å². The van der Waals surface area contributed by atoms with Crippen LogP contribution >= 0.6 is 0 Å². The van der Waals surface area contributed by atoms with Crippen molar-refractivity contribution < 1.29 is 14.5 Å². The number of hydrogen-bond acceptors (Lipinski definition) is 8. The lowest BCUT2D eigenvalue weighted by Gasteiger charge is -2.23. The zero-order valence-electron chi connectivity index (χ0n) is 15.7. The normalized spacial score (nSPS) is 16.5. The average molecular weight is 389 g/mol. The maximum Gasteiger partial charge on any atom is 0.526 e. The van der Waals surface area contributed by atoms with Gasteiger partial charge in [-0.3, -0.25) is 4.90 Å². The molecule has 8 nitrogen and oxygen atoms in total. The van der Waals surface area contributed by atoms with Crippen LogP contribution in [0, 0.1) is 11.3 Å². The monoisotopic (exact) mass is 389 g/mol. The van der Waals surface area contributed by atoms with E-state index in [-0.39, 0.29) is 11.7 Å². The molecule has 0 radical (unpaired) electrons. The number of anilines is 2. The quantitative estimate of drug-likeness (QED) is 0.546. The van der Waals surface area contributed by atoms with Gasteiger partial charge in [-0.1, -0.05) is 6.07 Å². The van der Waals surface area contributed by atoms with Crippen molar-refractivity contribution in [2.24, 2.45) is 0 Å². The Morgan fingerprint density at radius 2 is 2.14 bits per heavy atom. The SMILES string of the molecule is N#Cc1ccc(Nc2cccc(C3CCCN3Cc3ccc(B(O)O)o3)n2)cn1. The molecule has 3 N–H and O–H groups in total. The van der Waals surface area contributed by atoms with Crippen LogP contribution in [0.4, 0.5) is 11.5 Å². The molecule has 1 aliphatic rings. The van der Waals surface area contributed by atoms with E-state index in [9.17, 15) is 10.0 Å². The van der Waals surface area contributed by atoms with Gasteiger partial charge >= 0.3 is 7.12 Å². The number of rotatable bonds is 6. The highest BCUT2D eigenvalue weighted by molar-refractivity contribution is 6.56. The maximum atomic E-state index is 9.22. The maximum absolute atomic E-state index is 9.22. The Morgan fingerprint density at radius 1 is 1.24 bits per heavy atom. The Balaban J connectivity index is 1.47. The number of aromatic nitrogens is 2. The lowest BCUT2D eigenvalue weighted by molar-refractivity contribution is 0.225. The van der Waals surface area contributed by atoms with Crippen molar-refractivity contribution in [1.82, 2.24) is 14.9 Å². The van der Waals surface area contributed by atoms with Gasteiger partial charge in [-0.25, -0.2) is 9.97 Å². The molecule has 1 unspecified atom stereocenters.